The first kappa shape index (κ1) is 17.6. The lowest BCUT2D eigenvalue weighted by atomic mass is 10.2. The Morgan fingerprint density at radius 2 is 1.58 bits per heavy atom. The van der Waals surface area contributed by atoms with Crippen molar-refractivity contribution in [1.82, 2.24) is 25.3 Å². The van der Waals surface area contributed by atoms with Crippen molar-refractivity contribution in [2.24, 2.45) is 0 Å². The van der Waals surface area contributed by atoms with Crippen LogP contribution in [-0.4, -0.2) is 26.3 Å². The van der Waals surface area contributed by atoms with Crippen molar-refractivity contribution in [3.05, 3.63) is 35.7 Å². The molecule has 24 heavy (non-hydrogen) atoms. The Labute approximate surface area is 130 Å². The van der Waals surface area contributed by atoms with Crippen molar-refractivity contribution in [2.45, 2.75) is 18.9 Å². The monoisotopic (exact) mass is 351 g/mol. The van der Waals surface area contributed by atoms with E-state index >= 15 is 0 Å². The standard InChI is InChI=1S/C12H7F6N5O/c13-11(14,15)7-3-20-9(23-8(7)4-19-5-24)6-1-21-10(22-2-6)12(16,17)18/h1-3,5H,4H2,(H,19,24). The van der Waals surface area contributed by atoms with Gasteiger partial charge in [0, 0.05) is 18.6 Å². The summed E-state index contributed by atoms with van der Waals surface area (Å²) in [6.45, 7) is -0.532. The van der Waals surface area contributed by atoms with Crippen LogP contribution in [0.25, 0.3) is 11.4 Å². The van der Waals surface area contributed by atoms with Crippen LogP contribution in [-0.2, 0) is 23.7 Å². The maximum absolute atomic E-state index is 12.8. The Kier molecular flexibility index (Phi) is 4.66. The summed E-state index contributed by atoms with van der Waals surface area (Å²) in [5.41, 5.74) is -1.82. The molecule has 2 aromatic heterocycles. The van der Waals surface area contributed by atoms with Gasteiger partial charge in [0.15, 0.2) is 5.82 Å². The molecule has 1 N–H and O–H groups in total. The number of rotatable bonds is 4. The van der Waals surface area contributed by atoms with Crippen LogP contribution in [0.3, 0.4) is 0 Å². The second-order valence-corrected chi connectivity index (χ2v) is 4.34. The molecule has 0 atom stereocenters. The summed E-state index contributed by atoms with van der Waals surface area (Å²) in [5.74, 6) is -1.71. The van der Waals surface area contributed by atoms with Gasteiger partial charge in [-0.05, 0) is 0 Å². The number of hydrogen-bond acceptors (Lipinski definition) is 5. The molecule has 0 saturated heterocycles. The van der Waals surface area contributed by atoms with Crippen LogP contribution in [0.4, 0.5) is 26.3 Å². The van der Waals surface area contributed by atoms with Gasteiger partial charge in [-0.3, -0.25) is 4.79 Å². The summed E-state index contributed by atoms with van der Waals surface area (Å²) in [6.07, 6.45) is -7.36. The van der Waals surface area contributed by atoms with Crippen LogP contribution in [0.2, 0.25) is 0 Å². The number of halogens is 6. The summed E-state index contributed by atoms with van der Waals surface area (Å²) in [4.78, 5) is 23.5. The SMILES string of the molecule is O=CNCc1nc(-c2cnc(C(F)(F)F)nc2)ncc1C(F)(F)F. The average Bonchev–Trinajstić information content (AvgIpc) is 2.51. The first-order chi connectivity index (χ1) is 11.1. The molecule has 0 aliphatic heterocycles. The third kappa shape index (κ3) is 3.94. The smallest absolute Gasteiger partial charge is 0.353 e. The van der Waals surface area contributed by atoms with E-state index in [1.807, 2.05) is 5.32 Å². The molecule has 2 heterocycles. The van der Waals surface area contributed by atoms with E-state index in [2.05, 4.69) is 19.9 Å². The largest absolute Gasteiger partial charge is 0.451 e. The molecule has 0 saturated carbocycles. The van der Waals surface area contributed by atoms with Gasteiger partial charge in [-0.25, -0.2) is 19.9 Å². The summed E-state index contributed by atoms with van der Waals surface area (Å²) >= 11 is 0. The van der Waals surface area contributed by atoms with E-state index in [4.69, 9.17) is 0 Å². The summed E-state index contributed by atoms with van der Waals surface area (Å²) in [6, 6.07) is 0. The van der Waals surface area contributed by atoms with Crippen molar-refractivity contribution in [3.63, 3.8) is 0 Å². The molecule has 6 nitrogen and oxygen atoms in total. The third-order valence-electron chi connectivity index (χ3n) is 2.69. The molecule has 0 spiro atoms. The maximum atomic E-state index is 12.8. The van der Waals surface area contributed by atoms with Gasteiger partial charge in [0.1, 0.15) is 0 Å². The van der Waals surface area contributed by atoms with Gasteiger partial charge in [-0.2, -0.15) is 26.3 Å². The molecule has 0 fully saturated rings. The molecule has 0 aromatic carbocycles. The number of nitrogens with one attached hydrogen (secondary N) is 1. The van der Waals surface area contributed by atoms with E-state index in [0.717, 1.165) is 12.4 Å². The molecule has 0 aliphatic carbocycles. The molecular weight excluding hydrogens is 344 g/mol. The Morgan fingerprint density at radius 1 is 0.958 bits per heavy atom. The highest BCUT2D eigenvalue weighted by Gasteiger charge is 2.36. The highest BCUT2D eigenvalue weighted by Crippen LogP contribution is 2.32. The van der Waals surface area contributed by atoms with Gasteiger partial charge in [0.2, 0.25) is 12.2 Å². The molecule has 2 rings (SSSR count). The molecule has 0 radical (unpaired) electrons. The highest BCUT2D eigenvalue weighted by molar-refractivity contribution is 5.53. The maximum Gasteiger partial charge on any atom is 0.451 e. The molecule has 0 aliphatic rings. The minimum Gasteiger partial charge on any atom is -0.353 e. The van der Waals surface area contributed by atoms with Crippen LogP contribution < -0.4 is 5.32 Å². The zero-order chi connectivity index (χ0) is 18.0. The van der Waals surface area contributed by atoms with E-state index in [0.29, 0.717) is 6.20 Å². The van der Waals surface area contributed by atoms with Gasteiger partial charge in [-0.15, -0.1) is 0 Å². The van der Waals surface area contributed by atoms with E-state index in [-0.39, 0.29) is 17.8 Å². The Bertz CT molecular complexity index is 728. The number of alkyl halides is 6. The molecule has 0 unspecified atom stereocenters. The minimum atomic E-state index is -4.75. The van der Waals surface area contributed by atoms with Crippen LogP contribution in [0.15, 0.2) is 18.6 Å². The van der Waals surface area contributed by atoms with E-state index in [9.17, 15) is 31.1 Å². The van der Waals surface area contributed by atoms with Crippen LogP contribution in [0.5, 0.6) is 0 Å². The van der Waals surface area contributed by atoms with Crippen LogP contribution >= 0.6 is 0 Å². The van der Waals surface area contributed by atoms with Crippen molar-refractivity contribution in [2.75, 3.05) is 0 Å². The highest BCUT2D eigenvalue weighted by atomic mass is 19.4. The first-order valence-electron chi connectivity index (χ1n) is 6.12. The minimum absolute atomic E-state index is 0.107. The average molecular weight is 351 g/mol. The molecule has 1 amide bonds. The second kappa shape index (κ2) is 6.37. The lowest BCUT2D eigenvalue weighted by molar-refractivity contribution is -0.145. The lowest BCUT2D eigenvalue weighted by Crippen LogP contribution is -2.19. The first-order valence-corrected chi connectivity index (χ1v) is 6.12. The molecular formula is C12H7F6N5O. The number of carbonyl (C=O) groups is 1. The predicted octanol–water partition coefficient (Wildman–Crippen LogP) is 2.22. The Balaban J connectivity index is 2.42. The lowest BCUT2D eigenvalue weighted by Gasteiger charge is -2.12. The van der Waals surface area contributed by atoms with E-state index in [1.54, 1.807) is 0 Å². The quantitative estimate of drug-likeness (QED) is 0.675. The summed E-state index contributed by atoms with van der Waals surface area (Å²) in [7, 11) is 0. The fourth-order valence-electron chi connectivity index (χ4n) is 1.66. The van der Waals surface area contributed by atoms with Gasteiger partial charge in [0.05, 0.1) is 23.4 Å². The Morgan fingerprint density at radius 3 is 2.08 bits per heavy atom. The predicted molar refractivity (Wildman–Crippen MR) is 66.0 cm³/mol. The fourth-order valence-corrected chi connectivity index (χ4v) is 1.66. The van der Waals surface area contributed by atoms with Crippen LogP contribution in [0, 0.1) is 0 Å². The van der Waals surface area contributed by atoms with Crippen LogP contribution in [0.1, 0.15) is 17.1 Å². The number of amides is 1. The summed E-state index contributed by atoms with van der Waals surface area (Å²) < 4.78 is 75.7. The number of hydrogen-bond donors (Lipinski definition) is 1. The summed E-state index contributed by atoms with van der Waals surface area (Å²) in [5, 5.41) is 2.03. The fraction of sp³-hybridized carbons (Fsp3) is 0.250. The van der Waals surface area contributed by atoms with Gasteiger partial charge >= 0.3 is 12.4 Å². The van der Waals surface area contributed by atoms with Gasteiger partial charge < -0.3 is 5.32 Å². The number of aromatic nitrogens is 4. The van der Waals surface area contributed by atoms with Crippen molar-refractivity contribution >= 4 is 6.41 Å². The third-order valence-corrected chi connectivity index (χ3v) is 2.69. The number of carbonyl (C=O) groups excluding carboxylic acids is 1. The van der Waals surface area contributed by atoms with Crippen molar-refractivity contribution < 1.29 is 31.1 Å². The molecule has 128 valence electrons. The topological polar surface area (TPSA) is 80.7 Å². The zero-order valence-corrected chi connectivity index (χ0v) is 11.5. The van der Waals surface area contributed by atoms with Gasteiger partial charge in [-0.1, -0.05) is 0 Å². The Hall–Kier alpha value is -2.79. The van der Waals surface area contributed by atoms with E-state index in [1.165, 1.54) is 0 Å². The molecule has 2 aromatic rings. The normalized spacial score (nSPS) is 12.1. The van der Waals surface area contributed by atoms with E-state index < -0.39 is 36.0 Å². The zero-order valence-electron chi connectivity index (χ0n) is 11.5. The number of nitrogens with zero attached hydrogens (tertiary/aromatic N) is 4. The van der Waals surface area contributed by atoms with Crippen molar-refractivity contribution in [3.8, 4) is 11.4 Å². The van der Waals surface area contributed by atoms with Crippen molar-refractivity contribution in [1.29, 1.82) is 0 Å². The second-order valence-electron chi connectivity index (χ2n) is 4.34. The van der Waals surface area contributed by atoms with Gasteiger partial charge in [0.25, 0.3) is 0 Å². The molecule has 12 heteroatoms. The molecule has 0 bridgehead atoms.